The average Bonchev–Trinajstić information content (AvgIpc) is 2.81. The number of hydrogen-bond donors (Lipinski definition) is 2. The SMILES string of the molecule is CSS[C@@H](CC[C@H](NC(=O)OC(C)(C)C)C(=O)OCC#N)CNC(=O)OCc1ccccc1N=[N+]=[N-]. The number of carbonyl (C=O) groups excluding carboxylic acids is 3. The third-order valence-electron chi connectivity index (χ3n) is 4.24. The number of carbonyl (C=O) groups is 3. The van der Waals surface area contributed by atoms with Crippen LogP contribution in [0, 0.1) is 11.3 Å². The molecule has 0 radical (unpaired) electrons. The normalized spacial score (nSPS) is 12.2. The maximum atomic E-state index is 12.4. The summed E-state index contributed by atoms with van der Waals surface area (Å²) in [4.78, 5) is 39.5. The Hall–Kier alpha value is -3.27. The molecule has 2 amide bonds. The lowest BCUT2D eigenvalue weighted by Crippen LogP contribution is -2.45. The summed E-state index contributed by atoms with van der Waals surface area (Å²) >= 11 is 0. The summed E-state index contributed by atoms with van der Waals surface area (Å²) in [6.07, 6.45) is 1.05. The Morgan fingerprint density at radius 1 is 1.19 bits per heavy atom. The predicted molar refractivity (Wildman–Crippen MR) is 137 cm³/mol. The minimum absolute atomic E-state index is 0.0754. The molecular weight excluding hydrogens is 508 g/mol. The minimum Gasteiger partial charge on any atom is -0.449 e. The van der Waals surface area contributed by atoms with Gasteiger partial charge in [0, 0.05) is 22.4 Å². The maximum absolute atomic E-state index is 12.4. The van der Waals surface area contributed by atoms with Crippen molar-refractivity contribution in [2.45, 2.75) is 57.1 Å². The molecule has 1 aromatic carbocycles. The van der Waals surface area contributed by atoms with Crippen molar-refractivity contribution in [3.8, 4) is 6.07 Å². The zero-order valence-corrected chi connectivity index (χ0v) is 22.2. The third kappa shape index (κ3) is 13.0. The number of nitrogens with zero attached hydrogens (tertiary/aromatic N) is 4. The smallest absolute Gasteiger partial charge is 0.408 e. The largest absolute Gasteiger partial charge is 0.449 e. The summed E-state index contributed by atoms with van der Waals surface area (Å²) in [5.41, 5.74) is 8.82. The Labute approximate surface area is 217 Å². The molecule has 12 nitrogen and oxygen atoms in total. The molecule has 0 saturated heterocycles. The number of rotatable bonds is 13. The van der Waals surface area contributed by atoms with E-state index in [9.17, 15) is 14.4 Å². The monoisotopic (exact) mass is 538 g/mol. The Morgan fingerprint density at radius 3 is 2.56 bits per heavy atom. The number of hydrogen-bond acceptors (Lipinski definition) is 10. The standard InChI is InChI=1S/C22H30N6O6S2/c1-22(2,3)34-21(31)26-18(19(29)32-12-11-23)10-9-16(36-35-4)13-25-20(30)33-14-15-7-5-6-8-17(15)27-28-24/h5-8,16,18H,9-10,12-14H2,1-4H3,(H,25,30)(H,26,31)/t16-,18-/m0/s1. The van der Waals surface area contributed by atoms with E-state index in [0.29, 0.717) is 17.7 Å². The summed E-state index contributed by atoms with van der Waals surface area (Å²) < 4.78 is 15.3. The second-order valence-electron chi connectivity index (χ2n) is 8.20. The summed E-state index contributed by atoms with van der Waals surface area (Å²) in [5, 5.41) is 17.3. The number of esters is 1. The van der Waals surface area contributed by atoms with Crippen LogP contribution >= 0.6 is 21.6 Å². The highest BCUT2D eigenvalue weighted by Gasteiger charge is 2.27. The molecule has 0 unspecified atom stereocenters. The van der Waals surface area contributed by atoms with Gasteiger partial charge in [0.2, 0.25) is 0 Å². The van der Waals surface area contributed by atoms with Gasteiger partial charge in [-0.2, -0.15) is 5.26 Å². The van der Waals surface area contributed by atoms with E-state index in [1.807, 2.05) is 6.26 Å². The van der Waals surface area contributed by atoms with Gasteiger partial charge in [-0.3, -0.25) is 0 Å². The summed E-state index contributed by atoms with van der Waals surface area (Å²) in [7, 11) is 2.97. The van der Waals surface area contributed by atoms with Gasteiger partial charge in [0.1, 0.15) is 24.3 Å². The summed E-state index contributed by atoms with van der Waals surface area (Å²) in [6.45, 7) is 4.80. The van der Waals surface area contributed by atoms with Crippen molar-refractivity contribution < 1.29 is 28.6 Å². The van der Waals surface area contributed by atoms with Crippen molar-refractivity contribution in [1.82, 2.24) is 10.6 Å². The quantitative estimate of drug-likeness (QED) is 0.0876. The predicted octanol–water partition coefficient (Wildman–Crippen LogP) is 4.97. The van der Waals surface area contributed by atoms with E-state index in [-0.39, 0.29) is 24.8 Å². The van der Waals surface area contributed by atoms with Crippen molar-refractivity contribution in [3.63, 3.8) is 0 Å². The van der Waals surface area contributed by atoms with Gasteiger partial charge in [-0.1, -0.05) is 51.0 Å². The van der Waals surface area contributed by atoms with Gasteiger partial charge < -0.3 is 24.8 Å². The topological polar surface area (TPSA) is 176 Å². The molecule has 196 valence electrons. The fraction of sp³-hybridized carbons (Fsp3) is 0.545. The average molecular weight is 539 g/mol. The second kappa shape index (κ2) is 16.4. The Morgan fingerprint density at radius 2 is 1.92 bits per heavy atom. The van der Waals surface area contributed by atoms with Crippen molar-refractivity contribution in [3.05, 3.63) is 40.3 Å². The van der Waals surface area contributed by atoms with Crippen LogP contribution in [0.5, 0.6) is 0 Å². The number of benzene rings is 1. The molecule has 0 saturated carbocycles. The summed E-state index contributed by atoms with van der Waals surface area (Å²) in [6, 6.07) is 7.44. The van der Waals surface area contributed by atoms with Gasteiger partial charge in [-0.05, 0) is 51.0 Å². The lowest BCUT2D eigenvalue weighted by atomic mass is 10.1. The first kappa shape index (κ1) is 30.8. The molecule has 2 atom stereocenters. The van der Waals surface area contributed by atoms with Crippen molar-refractivity contribution in [2.24, 2.45) is 5.11 Å². The fourth-order valence-electron chi connectivity index (χ4n) is 2.75. The van der Waals surface area contributed by atoms with Crippen LogP contribution in [0.3, 0.4) is 0 Å². The van der Waals surface area contributed by atoms with Crippen LogP contribution in [0.25, 0.3) is 10.4 Å². The molecule has 0 aromatic heterocycles. The van der Waals surface area contributed by atoms with E-state index in [1.54, 1.807) is 51.1 Å². The molecule has 0 spiro atoms. The van der Waals surface area contributed by atoms with Crippen LogP contribution in [0.4, 0.5) is 15.3 Å². The first-order chi connectivity index (χ1) is 17.1. The van der Waals surface area contributed by atoms with E-state index < -0.39 is 36.4 Å². The van der Waals surface area contributed by atoms with E-state index in [1.165, 1.54) is 21.6 Å². The second-order valence-corrected chi connectivity index (χ2v) is 11.0. The number of azide groups is 1. The molecule has 36 heavy (non-hydrogen) atoms. The highest BCUT2D eigenvalue weighted by Crippen LogP contribution is 2.27. The summed E-state index contributed by atoms with van der Waals surface area (Å²) in [5.74, 6) is -0.749. The highest BCUT2D eigenvalue weighted by molar-refractivity contribution is 8.76. The Bertz CT molecular complexity index is 975. The number of ether oxygens (including phenoxy) is 3. The zero-order chi connectivity index (χ0) is 27.0. The number of nitrogens with one attached hydrogen (secondary N) is 2. The lowest BCUT2D eigenvalue weighted by molar-refractivity contribution is -0.145. The molecule has 1 rings (SSSR count). The zero-order valence-electron chi connectivity index (χ0n) is 20.6. The van der Waals surface area contributed by atoms with Gasteiger partial charge in [0.05, 0.1) is 0 Å². The van der Waals surface area contributed by atoms with Gasteiger partial charge in [-0.15, -0.1) is 0 Å². The number of alkyl carbamates (subject to hydrolysis) is 2. The van der Waals surface area contributed by atoms with Crippen LogP contribution < -0.4 is 10.6 Å². The highest BCUT2D eigenvalue weighted by atomic mass is 33.1. The molecular formula is C22H30N6O6S2. The van der Waals surface area contributed by atoms with Crippen molar-refractivity contribution in [2.75, 3.05) is 19.4 Å². The van der Waals surface area contributed by atoms with E-state index in [0.717, 1.165) is 0 Å². The van der Waals surface area contributed by atoms with Crippen LogP contribution in [-0.4, -0.2) is 54.5 Å². The molecule has 2 N–H and O–H groups in total. The molecule has 0 aliphatic heterocycles. The number of nitriles is 1. The van der Waals surface area contributed by atoms with E-state index >= 15 is 0 Å². The van der Waals surface area contributed by atoms with Gasteiger partial charge in [0.25, 0.3) is 0 Å². The van der Waals surface area contributed by atoms with Crippen LogP contribution in [0.15, 0.2) is 29.4 Å². The fourth-order valence-corrected chi connectivity index (χ4v) is 4.71. The van der Waals surface area contributed by atoms with Crippen LogP contribution in [-0.2, 0) is 25.6 Å². The minimum atomic E-state index is -1.03. The Kier molecular flexibility index (Phi) is 14.0. The Balaban J connectivity index is 2.68. The van der Waals surface area contributed by atoms with Crippen LogP contribution in [0.2, 0.25) is 0 Å². The molecule has 14 heteroatoms. The lowest BCUT2D eigenvalue weighted by Gasteiger charge is -2.24. The maximum Gasteiger partial charge on any atom is 0.408 e. The number of amides is 2. The van der Waals surface area contributed by atoms with E-state index in [2.05, 4.69) is 20.7 Å². The first-order valence-electron chi connectivity index (χ1n) is 10.9. The third-order valence-corrected chi connectivity index (χ3v) is 6.50. The molecule has 0 bridgehead atoms. The molecule has 0 fully saturated rings. The van der Waals surface area contributed by atoms with Gasteiger partial charge in [-0.25, -0.2) is 14.4 Å². The van der Waals surface area contributed by atoms with E-state index in [4.69, 9.17) is 25.0 Å². The van der Waals surface area contributed by atoms with Gasteiger partial charge >= 0.3 is 18.2 Å². The van der Waals surface area contributed by atoms with Gasteiger partial charge in [0.15, 0.2) is 6.61 Å². The van der Waals surface area contributed by atoms with Crippen molar-refractivity contribution in [1.29, 1.82) is 5.26 Å². The van der Waals surface area contributed by atoms with Crippen molar-refractivity contribution >= 4 is 45.4 Å². The molecule has 0 heterocycles. The first-order valence-corrected chi connectivity index (χ1v) is 13.5. The molecule has 1 aromatic rings. The molecule has 0 aliphatic rings. The van der Waals surface area contributed by atoms with Crippen LogP contribution in [0.1, 0.15) is 39.2 Å². The molecule has 0 aliphatic carbocycles.